The summed E-state index contributed by atoms with van der Waals surface area (Å²) in [6.45, 7) is -0.0110. The Morgan fingerprint density at radius 1 is 0.927 bits per heavy atom. The number of nitriles is 1. The predicted octanol–water partition coefficient (Wildman–Crippen LogP) is 7.54. The fraction of sp³-hybridized carbons (Fsp3) is 0.0968. The lowest BCUT2D eigenvalue weighted by molar-refractivity contribution is -0.136. The Hall–Kier alpha value is -4.16. The Labute approximate surface area is 254 Å². The largest absolute Gasteiger partial charge is 0.489 e. The lowest BCUT2D eigenvalue weighted by atomic mass is 9.83. The van der Waals surface area contributed by atoms with E-state index < -0.39 is 11.9 Å². The maximum absolute atomic E-state index is 12.4. The average Bonchev–Trinajstić information content (AvgIpc) is 2.96. The van der Waals surface area contributed by atoms with Crippen molar-refractivity contribution in [2.45, 2.75) is 12.5 Å². The number of allylic oxidation sites excluding steroid dienone is 1. The van der Waals surface area contributed by atoms with Crippen LogP contribution < -0.4 is 24.7 Å². The van der Waals surface area contributed by atoms with Crippen LogP contribution in [-0.4, -0.2) is 12.6 Å². The molecule has 2 N–H and O–H groups in total. The van der Waals surface area contributed by atoms with E-state index in [1.165, 1.54) is 0 Å². The maximum Gasteiger partial charge on any atom is 0.349 e. The number of fused-ring (bicyclic) bond motifs is 1. The summed E-state index contributed by atoms with van der Waals surface area (Å²) in [4.78, 5) is 12.4. The van der Waals surface area contributed by atoms with Crippen molar-refractivity contribution in [3.05, 3.63) is 128 Å². The molecule has 7 nitrogen and oxygen atoms in total. The fourth-order valence-corrected chi connectivity index (χ4v) is 4.96. The first-order valence-corrected chi connectivity index (χ1v) is 13.8. The number of hydrogen-bond donors (Lipinski definition) is 1. The summed E-state index contributed by atoms with van der Waals surface area (Å²) in [5.41, 5.74) is 8.71. The molecule has 1 heterocycles. The summed E-state index contributed by atoms with van der Waals surface area (Å²) in [7, 11) is 0. The SMILES string of the molecule is N#CC1=C(N)Oc2cc(OC(=O)COc3ccc(Br)cc3)ccc2C1c1ccc(OCc2ccc(Cl)cc2Cl)cc1. The van der Waals surface area contributed by atoms with Crippen LogP contribution in [0.5, 0.6) is 23.0 Å². The van der Waals surface area contributed by atoms with Gasteiger partial charge in [0.15, 0.2) is 6.61 Å². The third kappa shape index (κ3) is 6.77. The van der Waals surface area contributed by atoms with Gasteiger partial charge in [-0.2, -0.15) is 5.26 Å². The van der Waals surface area contributed by atoms with Crippen LogP contribution in [0.4, 0.5) is 0 Å². The summed E-state index contributed by atoms with van der Waals surface area (Å²) in [5, 5.41) is 10.9. The van der Waals surface area contributed by atoms with Crippen LogP contribution in [0.2, 0.25) is 10.0 Å². The molecule has 4 aromatic carbocycles. The van der Waals surface area contributed by atoms with Gasteiger partial charge >= 0.3 is 5.97 Å². The minimum Gasteiger partial charge on any atom is -0.489 e. The Morgan fingerprint density at radius 2 is 1.61 bits per heavy atom. The number of nitrogens with zero attached hydrogens (tertiary/aromatic N) is 1. The van der Waals surface area contributed by atoms with Gasteiger partial charge < -0.3 is 24.7 Å². The molecule has 0 saturated carbocycles. The van der Waals surface area contributed by atoms with E-state index in [-0.39, 0.29) is 30.4 Å². The van der Waals surface area contributed by atoms with Gasteiger partial charge in [-0.1, -0.05) is 63.4 Å². The van der Waals surface area contributed by atoms with Crippen molar-refractivity contribution in [2.24, 2.45) is 5.73 Å². The number of carbonyl (C=O) groups excluding carboxylic acids is 1. The molecule has 1 aliphatic rings. The highest BCUT2D eigenvalue weighted by molar-refractivity contribution is 9.10. The molecular weight excluding hydrogens is 631 g/mol. The molecule has 4 aromatic rings. The molecule has 0 aromatic heterocycles. The molecular formula is C31H21BrCl2N2O5. The van der Waals surface area contributed by atoms with Gasteiger partial charge in [0.05, 0.1) is 5.92 Å². The van der Waals surface area contributed by atoms with Gasteiger partial charge in [-0.05, 0) is 60.2 Å². The van der Waals surface area contributed by atoms with E-state index in [0.717, 1.165) is 15.6 Å². The zero-order chi connectivity index (χ0) is 28.9. The van der Waals surface area contributed by atoms with Crippen LogP contribution in [0.25, 0.3) is 0 Å². The Bertz CT molecular complexity index is 1670. The number of esters is 1. The first-order chi connectivity index (χ1) is 19.8. The zero-order valence-corrected chi connectivity index (χ0v) is 24.4. The highest BCUT2D eigenvalue weighted by atomic mass is 79.9. The molecule has 0 spiro atoms. The standard InChI is InChI=1S/C31H21BrCl2N2O5/c32-20-4-9-23(10-5-20)39-17-29(37)40-24-11-12-25-28(14-24)41-31(36)26(15-35)30(25)18-2-7-22(8-3-18)38-16-19-1-6-21(33)13-27(19)34/h1-14,30H,16-17,36H2. The minimum absolute atomic E-state index is 0.0234. The third-order valence-electron chi connectivity index (χ3n) is 6.22. The summed E-state index contributed by atoms with van der Waals surface area (Å²) in [6.07, 6.45) is 0. The van der Waals surface area contributed by atoms with Crippen LogP contribution >= 0.6 is 39.1 Å². The van der Waals surface area contributed by atoms with Gasteiger partial charge in [-0.25, -0.2) is 4.79 Å². The molecule has 0 bridgehead atoms. The van der Waals surface area contributed by atoms with E-state index in [9.17, 15) is 10.1 Å². The van der Waals surface area contributed by atoms with E-state index in [1.807, 2.05) is 30.3 Å². The quantitative estimate of drug-likeness (QED) is 0.155. The molecule has 206 valence electrons. The number of carbonyl (C=O) groups is 1. The molecule has 5 rings (SSSR count). The number of benzene rings is 4. The monoisotopic (exact) mass is 650 g/mol. The van der Waals surface area contributed by atoms with Crippen molar-refractivity contribution in [2.75, 3.05) is 6.61 Å². The zero-order valence-electron chi connectivity index (χ0n) is 21.3. The highest BCUT2D eigenvalue weighted by Gasteiger charge is 2.31. The summed E-state index contributed by atoms with van der Waals surface area (Å²) in [5.74, 6) is 0.688. The molecule has 0 saturated heterocycles. The van der Waals surface area contributed by atoms with Gasteiger partial charge in [0, 0.05) is 31.7 Å². The number of ether oxygens (including phenoxy) is 4. The van der Waals surface area contributed by atoms with E-state index in [2.05, 4.69) is 22.0 Å². The smallest absolute Gasteiger partial charge is 0.349 e. The minimum atomic E-state index is -0.586. The molecule has 0 radical (unpaired) electrons. The molecule has 1 unspecified atom stereocenters. The molecule has 0 fully saturated rings. The van der Waals surface area contributed by atoms with E-state index in [0.29, 0.717) is 32.9 Å². The van der Waals surface area contributed by atoms with Gasteiger partial charge in [0.25, 0.3) is 0 Å². The molecule has 41 heavy (non-hydrogen) atoms. The number of nitrogens with two attached hydrogens (primary N) is 1. The van der Waals surface area contributed by atoms with Crippen molar-refractivity contribution in [3.63, 3.8) is 0 Å². The van der Waals surface area contributed by atoms with Crippen molar-refractivity contribution >= 4 is 45.1 Å². The number of hydrogen-bond acceptors (Lipinski definition) is 7. The van der Waals surface area contributed by atoms with Crippen LogP contribution in [0, 0.1) is 11.3 Å². The van der Waals surface area contributed by atoms with Gasteiger partial charge in [-0.15, -0.1) is 0 Å². The van der Waals surface area contributed by atoms with Crippen molar-refractivity contribution < 1.29 is 23.7 Å². The van der Waals surface area contributed by atoms with Crippen molar-refractivity contribution in [3.8, 4) is 29.1 Å². The highest BCUT2D eigenvalue weighted by Crippen LogP contribution is 2.43. The Balaban J connectivity index is 1.30. The normalized spacial score (nSPS) is 14.0. The van der Waals surface area contributed by atoms with Crippen LogP contribution in [-0.2, 0) is 11.4 Å². The predicted molar refractivity (Wildman–Crippen MR) is 158 cm³/mol. The lowest BCUT2D eigenvalue weighted by Gasteiger charge is -2.26. The van der Waals surface area contributed by atoms with E-state index in [1.54, 1.807) is 54.6 Å². The topological polar surface area (TPSA) is 104 Å². The summed E-state index contributed by atoms with van der Waals surface area (Å²) in [6, 6.07) is 26.8. The number of halogens is 3. The second-order valence-corrected chi connectivity index (χ2v) is 10.7. The second-order valence-electron chi connectivity index (χ2n) is 8.93. The first kappa shape index (κ1) is 28.4. The van der Waals surface area contributed by atoms with Crippen molar-refractivity contribution in [1.82, 2.24) is 0 Å². The first-order valence-electron chi connectivity index (χ1n) is 12.3. The average molecular weight is 652 g/mol. The van der Waals surface area contributed by atoms with Gasteiger partial charge in [-0.3, -0.25) is 0 Å². The Kier molecular flexibility index (Phi) is 8.70. The fourth-order valence-electron chi connectivity index (χ4n) is 4.23. The molecule has 0 amide bonds. The van der Waals surface area contributed by atoms with Crippen molar-refractivity contribution in [1.29, 1.82) is 5.26 Å². The van der Waals surface area contributed by atoms with Crippen LogP contribution in [0.3, 0.4) is 0 Å². The second kappa shape index (κ2) is 12.6. The molecule has 1 atom stereocenters. The van der Waals surface area contributed by atoms with E-state index >= 15 is 0 Å². The maximum atomic E-state index is 12.4. The molecule has 1 aliphatic heterocycles. The summed E-state index contributed by atoms with van der Waals surface area (Å²) >= 11 is 15.6. The lowest BCUT2D eigenvalue weighted by Crippen LogP contribution is -2.21. The van der Waals surface area contributed by atoms with Gasteiger partial charge in [0.1, 0.15) is 41.2 Å². The van der Waals surface area contributed by atoms with Gasteiger partial charge in [0.2, 0.25) is 5.88 Å². The number of rotatable bonds is 8. The third-order valence-corrected chi connectivity index (χ3v) is 7.33. The van der Waals surface area contributed by atoms with E-state index in [4.69, 9.17) is 47.9 Å². The molecule has 10 heteroatoms. The van der Waals surface area contributed by atoms with Crippen LogP contribution in [0.1, 0.15) is 22.6 Å². The summed E-state index contributed by atoms with van der Waals surface area (Å²) < 4.78 is 23.5. The molecule has 0 aliphatic carbocycles. The van der Waals surface area contributed by atoms with Crippen LogP contribution in [0.15, 0.2) is 101 Å². The Morgan fingerprint density at radius 3 is 2.32 bits per heavy atom.